The monoisotopic (exact) mass is 397 g/mol. The van der Waals surface area contributed by atoms with Gasteiger partial charge in [-0.05, 0) is 53.4 Å². The Balaban J connectivity index is 1.62. The van der Waals surface area contributed by atoms with Gasteiger partial charge >= 0.3 is 0 Å². The Kier molecular flexibility index (Phi) is 3.61. The van der Waals surface area contributed by atoms with Crippen molar-refractivity contribution in [2.24, 2.45) is 10.8 Å². The maximum atomic E-state index is 14.3. The minimum absolute atomic E-state index is 0.125. The molecule has 1 aliphatic heterocycles. The number of hydrogen-bond acceptors (Lipinski definition) is 3. The summed E-state index contributed by atoms with van der Waals surface area (Å²) in [4.78, 5) is 15.6. The zero-order valence-electron chi connectivity index (χ0n) is 17.2. The third-order valence-electron chi connectivity index (χ3n) is 7.49. The number of benzene rings is 1. The van der Waals surface area contributed by atoms with Gasteiger partial charge in [0.25, 0.3) is 0 Å². The summed E-state index contributed by atoms with van der Waals surface area (Å²) in [5, 5.41) is 8.62. The largest absolute Gasteiger partial charge is 0.341 e. The Morgan fingerprint density at radius 3 is 2.38 bits per heavy atom. The maximum Gasteiger partial charge on any atom is 0.235 e. The summed E-state index contributed by atoms with van der Waals surface area (Å²) in [6.45, 7) is 10.1. The average molecular weight is 397 g/mol. The Morgan fingerprint density at radius 1 is 1.10 bits per heavy atom. The Hall–Kier alpha value is -2.37. The van der Waals surface area contributed by atoms with Gasteiger partial charge < -0.3 is 4.90 Å². The van der Waals surface area contributed by atoms with Crippen LogP contribution in [0.3, 0.4) is 0 Å². The van der Waals surface area contributed by atoms with Crippen LogP contribution < -0.4 is 0 Å². The first-order valence-corrected chi connectivity index (χ1v) is 10.2. The lowest BCUT2D eigenvalue weighted by atomic mass is 9.66. The highest BCUT2D eigenvalue weighted by atomic mass is 19.1. The molecule has 2 bridgehead atoms. The van der Waals surface area contributed by atoms with Gasteiger partial charge in [-0.1, -0.05) is 33.8 Å². The van der Waals surface area contributed by atoms with E-state index < -0.39 is 17.0 Å². The highest BCUT2D eigenvalue weighted by molar-refractivity contribution is 5.92. The molecule has 2 atom stereocenters. The second-order valence-electron chi connectivity index (χ2n) is 10.2. The van der Waals surface area contributed by atoms with E-state index >= 15 is 0 Å². The number of likely N-dealkylation sites (tertiary alicyclic amines) is 1. The fourth-order valence-electron chi connectivity index (χ4n) is 6.06. The van der Waals surface area contributed by atoms with Gasteiger partial charge in [0.2, 0.25) is 5.91 Å². The van der Waals surface area contributed by atoms with Gasteiger partial charge in [0, 0.05) is 13.1 Å². The standard InChI is InChI=1S/C23H25F2N3O/c1-21(2)11-28(12-21)20(29)23-9-8-14(22(23,3)4)13-10-17(26-27-19(13)23)18-15(24)6-5-7-16(18)25/h5-7,10,14H,8-9,11-12H2,1-4H3/t14-,23+/m0/s1. The Labute approximate surface area is 169 Å². The molecule has 6 heteroatoms. The SMILES string of the molecule is CC1(C)CN(C(=O)[C@@]23CC[C@@H](c4cc(-c5c(F)cccc5F)nnc42)C3(C)C)C1. The van der Waals surface area contributed by atoms with E-state index in [1.165, 1.54) is 18.2 Å². The molecule has 2 fully saturated rings. The van der Waals surface area contributed by atoms with E-state index in [0.29, 0.717) is 5.69 Å². The van der Waals surface area contributed by atoms with Crippen molar-refractivity contribution in [3.63, 3.8) is 0 Å². The van der Waals surface area contributed by atoms with Crippen molar-refractivity contribution < 1.29 is 13.6 Å². The van der Waals surface area contributed by atoms with E-state index in [1.807, 2.05) is 4.90 Å². The molecule has 1 saturated carbocycles. The van der Waals surface area contributed by atoms with Crippen molar-refractivity contribution in [1.82, 2.24) is 15.1 Å². The fraction of sp³-hybridized carbons (Fsp3) is 0.522. The number of hydrogen-bond donors (Lipinski definition) is 0. The van der Waals surface area contributed by atoms with Crippen LogP contribution in [-0.2, 0) is 10.2 Å². The van der Waals surface area contributed by atoms with Gasteiger partial charge in [-0.25, -0.2) is 8.78 Å². The average Bonchev–Trinajstić information content (AvgIpc) is 3.00. The molecule has 1 aromatic heterocycles. The molecule has 4 nitrogen and oxygen atoms in total. The Morgan fingerprint density at radius 2 is 1.76 bits per heavy atom. The molecule has 0 spiro atoms. The predicted octanol–water partition coefficient (Wildman–Crippen LogP) is 4.45. The van der Waals surface area contributed by atoms with E-state index in [1.54, 1.807) is 6.07 Å². The van der Waals surface area contributed by atoms with Gasteiger partial charge in [-0.2, -0.15) is 5.10 Å². The summed E-state index contributed by atoms with van der Waals surface area (Å²) in [5.74, 6) is -1.06. The van der Waals surface area contributed by atoms with Gasteiger partial charge in [-0.3, -0.25) is 4.79 Å². The number of nitrogens with zero attached hydrogens (tertiary/aromatic N) is 3. The summed E-state index contributed by atoms with van der Waals surface area (Å²) >= 11 is 0. The summed E-state index contributed by atoms with van der Waals surface area (Å²) in [7, 11) is 0. The van der Waals surface area contributed by atoms with Crippen LogP contribution in [0.25, 0.3) is 11.3 Å². The molecule has 1 aromatic carbocycles. The third-order valence-corrected chi connectivity index (χ3v) is 7.49. The van der Waals surface area contributed by atoms with Crippen LogP contribution in [0.4, 0.5) is 8.78 Å². The van der Waals surface area contributed by atoms with E-state index in [-0.39, 0.29) is 33.9 Å². The van der Waals surface area contributed by atoms with Crippen LogP contribution in [0.15, 0.2) is 24.3 Å². The smallest absolute Gasteiger partial charge is 0.235 e. The number of aromatic nitrogens is 2. The number of amides is 1. The molecule has 0 radical (unpaired) electrons. The fourth-order valence-corrected chi connectivity index (χ4v) is 6.06. The Bertz CT molecular complexity index is 1020. The zero-order valence-corrected chi connectivity index (χ0v) is 17.2. The van der Waals surface area contributed by atoms with Crippen molar-refractivity contribution >= 4 is 5.91 Å². The molecular formula is C23H25F2N3O. The van der Waals surface area contributed by atoms with Crippen molar-refractivity contribution in [1.29, 1.82) is 0 Å². The van der Waals surface area contributed by atoms with Gasteiger partial charge in [0.1, 0.15) is 11.6 Å². The molecule has 0 unspecified atom stereocenters. The van der Waals surface area contributed by atoms with Crippen LogP contribution in [-0.4, -0.2) is 34.1 Å². The van der Waals surface area contributed by atoms with Crippen molar-refractivity contribution in [2.45, 2.75) is 51.9 Å². The summed E-state index contributed by atoms with van der Waals surface area (Å²) in [5.41, 5.74) is 0.781. The highest BCUT2D eigenvalue weighted by Crippen LogP contribution is 2.68. The lowest BCUT2D eigenvalue weighted by Crippen LogP contribution is -2.62. The molecule has 29 heavy (non-hydrogen) atoms. The van der Waals surface area contributed by atoms with Gasteiger partial charge in [0.05, 0.1) is 22.4 Å². The van der Waals surface area contributed by atoms with Crippen LogP contribution in [0.5, 0.6) is 0 Å². The van der Waals surface area contributed by atoms with E-state index in [2.05, 4.69) is 37.9 Å². The minimum Gasteiger partial charge on any atom is -0.341 e. The number of halogens is 2. The molecule has 2 aromatic rings. The predicted molar refractivity (Wildman–Crippen MR) is 105 cm³/mol. The summed E-state index contributed by atoms with van der Waals surface area (Å²) < 4.78 is 28.6. The van der Waals surface area contributed by atoms with Crippen LogP contribution >= 0.6 is 0 Å². The van der Waals surface area contributed by atoms with Gasteiger partial charge in [-0.15, -0.1) is 5.10 Å². The van der Waals surface area contributed by atoms with Gasteiger partial charge in [0.15, 0.2) is 0 Å². The molecule has 5 rings (SSSR count). The molecule has 1 saturated heterocycles. The van der Waals surface area contributed by atoms with Crippen LogP contribution in [0.2, 0.25) is 0 Å². The topological polar surface area (TPSA) is 46.1 Å². The normalized spacial score (nSPS) is 28.2. The number of rotatable bonds is 2. The lowest BCUT2D eigenvalue weighted by molar-refractivity contribution is -0.151. The molecule has 2 heterocycles. The molecule has 0 N–H and O–H groups in total. The van der Waals surface area contributed by atoms with Crippen LogP contribution in [0, 0.1) is 22.5 Å². The maximum absolute atomic E-state index is 14.3. The van der Waals surface area contributed by atoms with Crippen molar-refractivity contribution in [3.05, 3.63) is 47.2 Å². The number of carbonyl (C=O) groups is 1. The number of fused-ring (bicyclic) bond motifs is 5. The van der Waals surface area contributed by atoms with Crippen molar-refractivity contribution in [3.8, 4) is 11.3 Å². The minimum atomic E-state index is -0.706. The quantitative estimate of drug-likeness (QED) is 0.752. The lowest BCUT2D eigenvalue weighted by Gasteiger charge is -2.50. The van der Waals surface area contributed by atoms with E-state index in [4.69, 9.17) is 0 Å². The summed E-state index contributed by atoms with van der Waals surface area (Å²) in [6, 6.07) is 5.53. The van der Waals surface area contributed by atoms with Crippen LogP contribution in [0.1, 0.15) is 57.7 Å². The molecular weight excluding hydrogens is 372 g/mol. The van der Waals surface area contributed by atoms with E-state index in [0.717, 1.165) is 31.5 Å². The molecule has 2 aliphatic carbocycles. The number of carbonyl (C=O) groups excluding carboxylic acids is 1. The first kappa shape index (κ1) is 18.6. The zero-order chi connectivity index (χ0) is 20.8. The third kappa shape index (κ3) is 2.26. The molecule has 1 amide bonds. The van der Waals surface area contributed by atoms with Crippen molar-refractivity contribution in [2.75, 3.05) is 13.1 Å². The molecule has 3 aliphatic rings. The first-order valence-electron chi connectivity index (χ1n) is 10.2. The second kappa shape index (κ2) is 5.61. The summed E-state index contributed by atoms with van der Waals surface area (Å²) in [6.07, 6.45) is 1.61. The molecule has 152 valence electrons. The second-order valence-corrected chi connectivity index (χ2v) is 10.2. The van der Waals surface area contributed by atoms with E-state index in [9.17, 15) is 13.6 Å². The highest BCUT2D eigenvalue weighted by Gasteiger charge is 2.68. The first-order chi connectivity index (χ1) is 13.6.